The molecule has 4 rings (SSSR count). The fourth-order valence-electron chi connectivity index (χ4n) is 4.11. The second kappa shape index (κ2) is 8.42. The summed E-state index contributed by atoms with van der Waals surface area (Å²) in [5.41, 5.74) is 4.99. The fourth-order valence-corrected chi connectivity index (χ4v) is 4.28. The minimum absolute atomic E-state index is 0.0413. The third-order valence-corrected chi connectivity index (χ3v) is 6.21. The molecule has 1 aliphatic rings. The molecule has 29 heavy (non-hydrogen) atoms. The van der Waals surface area contributed by atoms with Gasteiger partial charge in [0.15, 0.2) is 0 Å². The lowest BCUT2D eigenvalue weighted by atomic mass is 9.90. The molecule has 0 atom stereocenters. The summed E-state index contributed by atoms with van der Waals surface area (Å²) in [6.07, 6.45) is 5.81. The van der Waals surface area contributed by atoms with Crippen LogP contribution < -0.4 is 10.6 Å². The van der Waals surface area contributed by atoms with Gasteiger partial charge in [0, 0.05) is 39.9 Å². The number of aryl methyl sites for hydroxylation is 1. The van der Waals surface area contributed by atoms with Gasteiger partial charge in [-0.05, 0) is 81.0 Å². The number of hydrogen-bond donors (Lipinski definition) is 2. The maximum atomic E-state index is 12.7. The molecular formula is C24H26ClN3O. The zero-order chi connectivity index (χ0) is 20.4. The highest BCUT2D eigenvalue weighted by Gasteiger charge is 2.23. The van der Waals surface area contributed by atoms with E-state index in [9.17, 15) is 4.79 Å². The van der Waals surface area contributed by atoms with Gasteiger partial charge < -0.3 is 10.6 Å². The summed E-state index contributed by atoms with van der Waals surface area (Å²) >= 11 is 6.09. The zero-order valence-electron chi connectivity index (χ0n) is 16.8. The molecule has 2 aromatic carbocycles. The maximum Gasteiger partial charge on any atom is 0.251 e. The molecule has 1 heterocycles. The second-order valence-corrected chi connectivity index (χ2v) is 8.37. The molecule has 0 aliphatic heterocycles. The van der Waals surface area contributed by atoms with Crippen molar-refractivity contribution in [2.24, 2.45) is 0 Å². The number of nitrogens with one attached hydrogen (secondary N) is 2. The van der Waals surface area contributed by atoms with Crippen molar-refractivity contribution < 1.29 is 4.79 Å². The second-order valence-electron chi connectivity index (χ2n) is 7.93. The van der Waals surface area contributed by atoms with Gasteiger partial charge in [-0.2, -0.15) is 0 Å². The van der Waals surface area contributed by atoms with Crippen molar-refractivity contribution in [1.29, 1.82) is 0 Å². The average Bonchev–Trinajstić information content (AvgIpc) is 2.71. The summed E-state index contributed by atoms with van der Waals surface area (Å²) in [5.74, 6) is 0.0413. The molecule has 1 aliphatic carbocycles. The standard InChI is InChI=1S/C24H26ClN3O/c1-15-4-3-5-20(16(15)2)24(29)28-19-9-7-18(8-10-19)27-22-12-13-26-23-14-17(25)6-11-21(22)23/h3-6,11-14,18-19H,7-10H2,1-2H3,(H,26,27)(H,28,29). The Morgan fingerprint density at radius 3 is 2.59 bits per heavy atom. The van der Waals surface area contributed by atoms with E-state index in [2.05, 4.69) is 15.6 Å². The number of halogens is 1. The number of pyridine rings is 1. The van der Waals surface area contributed by atoms with Gasteiger partial charge in [-0.1, -0.05) is 23.7 Å². The predicted molar refractivity (Wildman–Crippen MR) is 120 cm³/mol. The van der Waals surface area contributed by atoms with E-state index < -0.39 is 0 Å². The normalized spacial score (nSPS) is 19.1. The van der Waals surface area contributed by atoms with Gasteiger partial charge in [-0.25, -0.2) is 0 Å². The Labute approximate surface area is 176 Å². The van der Waals surface area contributed by atoms with Crippen LogP contribution in [0.25, 0.3) is 10.9 Å². The van der Waals surface area contributed by atoms with Crippen LogP contribution in [0.2, 0.25) is 5.02 Å². The summed E-state index contributed by atoms with van der Waals surface area (Å²) in [6.45, 7) is 4.05. The van der Waals surface area contributed by atoms with Crippen LogP contribution in [0.15, 0.2) is 48.7 Å². The quantitative estimate of drug-likeness (QED) is 0.586. The number of aromatic nitrogens is 1. The Balaban J connectivity index is 1.36. The minimum atomic E-state index is 0.0413. The minimum Gasteiger partial charge on any atom is -0.382 e. The van der Waals surface area contributed by atoms with E-state index in [4.69, 9.17) is 11.6 Å². The van der Waals surface area contributed by atoms with E-state index in [0.717, 1.165) is 59.0 Å². The van der Waals surface area contributed by atoms with Crippen molar-refractivity contribution >= 4 is 34.1 Å². The van der Waals surface area contributed by atoms with Crippen LogP contribution in [0.3, 0.4) is 0 Å². The Morgan fingerprint density at radius 2 is 1.79 bits per heavy atom. The molecule has 0 radical (unpaired) electrons. The van der Waals surface area contributed by atoms with Crippen LogP contribution in [0, 0.1) is 13.8 Å². The molecule has 4 nitrogen and oxygen atoms in total. The van der Waals surface area contributed by atoms with Crippen molar-refractivity contribution in [2.75, 3.05) is 5.32 Å². The number of carbonyl (C=O) groups is 1. The van der Waals surface area contributed by atoms with Gasteiger partial charge in [0.2, 0.25) is 0 Å². The summed E-state index contributed by atoms with van der Waals surface area (Å²) in [7, 11) is 0. The van der Waals surface area contributed by atoms with Crippen molar-refractivity contribution in [1.82, 2.24) is 10.3 Å². The maximum absolute atomic E-state index is 12.7. The van der Waals surface area contributed by atoms with Crippen molar-refractivity contribution in [3.8, 4) is 0 Å². The monoisotopic (exact) mass is 407 g/mol. The fraction of sp³-hybridized carbons (Fsp3) is 0.333. The number of benzene rings is 2. The summed E-state index contributed by atoms with van der Waals surface area (Å²) in [5, 5.41) is 8.68. The van der Waals surface area contributed by atoms with Gasteiger partial charge in [0.05, 0.1) is 5.52 Å². The summed E-state index contributed by atoms with van der Waals surface area (Å²) in [4.78, 5) is 17.1. The van der Waals surface area contributed by atoms with Crippen molar-refractivity contribution in [3.05, 3.63) is 70.4 Å². The molecule has 5 heteroatoms. The van der Waals surface area contributed by atoms with E-state index in [0.29, 0.717) is 11.1 Å². The van der Waals surface area contributed by atoms with Crippen LogP contribution in [-0.4, -0.2) is 23.0 Å². The Hall–Kier alpha value is -2.59. The van der Waals surface area contributed by atoms with Gasteiger partial charge in [0.1, 0.15) is 0 Å². The summed E-state index contributed by atoms with van der Waals surface area (Å²) in [6, 6.07) is 14.3. The number of rotatable bonds is 4. The number of amides is 1. The molecule has 1 saturated carbocycles. The highest BCUT2D eigenvalue weighted by Crippen LogP contribution is 2.28. The third kappa shape index (κ3) is 4.38. The molecule has 0 saturated heterocycles. The highest BCUT2D eigenvalue weighted by atomic mass is 35.5. The highest BCUT2D eigenvalue weighted by molar-refractivity contribution is 6.31. The average molecular weight is 408 g/mol. The molecule has 150 valence electrons. The molecule has 0 spiro atoms. The van der Waals surface area contributed by atoms with Crippen LogP contribution >= 0.6 is 11.6 Å². The first-order valence-corrected chi connectivity index (χ1v) is 10.6. The first kappa shape index (κ1) is 19.7. The lowest BCUT2D eigenvalue weighted by molar-refractivity contribution is 0.0926. The number of hydrogen-bond acceptors (Lipinski definition) is 3. The van der Waals surface area contributed by atoms with Crippen LogP contribution in [-0.2, 0) is 0 Å². The van der Waals surface area contributed by atoms with Crippen LogP contribution in [0.1, 0.15) is 47.2 Å². The number of carbonyl (C=O) groups excluding carboxylic acids is 1. The van der Waals surface area contributed by atoms with Gasteiger partial charge in [0.25, 0.3) is 5.91 Å². The van der Waals surface area contributed by atoms with Gasteiger partial charge >= 0.3 is 0 Å². The topological polar surface area (TPSA) is 54.0 Å². The first-order valence-electron chi connectivity index (χ1n) is 10.2. The van der Waals surface area contributed by atoms with E-state index >= 15 is 0 Å². The molecule has 1 fully saturated rings. The smallest absolute Gasteiger partial charge is 0.251 e. The van der Waals surface area contributed by atoms with Crippen molar-refractivity contribution in [2.45, 2.75) is 51.6 Å². The number of nitrogens with zero attached hydrogens (tertiary/aromatic N) is 1. The molecule has 3 aromatic rings. The van der Waals surface area contributed by atoms with E-state index in [1.807, 2.05) is 62.5 Å². The SMILES string of the molecule is Cc1cccc(C(=O)NC2CCC(Nc3ccnc4cc(Cl)ccc34)CC2)c1C. The van der Waals surface area contributed by atoms with Crippen molar-refractivity contribution in [3.63, 3.8) is 0 Å². The molecule has 0 bridgehead atoms. The third-order valence-electron chi connectivity index (χ3n) is 5.98. The number of anilines is 1. The van der Waals surface area contributed by atoms with Gasteiger partial charge in [-0.15, -0.1) is 0 Å². The predicted octanol–water partition coefficient (Wildman–Crippen LogP) is 5.66. The van der Waals surface area contributed by atoms with Gasteiger partial charge in [-0.3, -0.25) is 9.78 Å². The molecular weight excluding hydrogens is 382 g/mol. The van der Waals surface area contributed by atoms with Crippen LogP contribution in [0.4, 0.5) is 5.69 Å². The Morgan fingerprint density at radius 1 is 1.03 bits per heavy atom. The Bertz CT molecular complexity index is 1040. The first-order chi connectivity index (χ1) is 14.0. The molecule has 0 unspecified atom stereocenters. The molecule has 1 amide bonds. The Kier molecular flexibility index (Phi) is 5.72. The van der Waals surface area contributed by atoms with E-state index in [1.165, 1.54) is 0 Å². The van der Waals surface area contributed by atoms with E-state index in [1.54, 1.807) is 0 Å². The lowest BCUT2D eigenvalue weighted by Crippen LogP contribution is -2.40. The zero-order valence-corrected chi connectivity index (χ0v) is 17.6. The lowest BCUT2D eigenvalue weighted by Gasteiger charge is -2.30. The largest absolute Gasteiger partial charge is 0.382 e. The molecule has 2 N–H and O–H groups in total. The number of fused-ring (bicyclic) bond motifs is 1. The van der Waals surface area contributed by atoms with E-state index in [-0.39, 0.29) is 11.9 Å². The van der Waals surface area contributed by atoms with Crippen LogP contribution in [0.5, 0.6) is 0 Å². The summed E-state index contributed by atoms with van der Waals surface area (Å²) < 4.78 is 0. The molecule has 1 aromatic heterocycles.